The van der Waals surface area contributed by atoms with Gasteiger partial charge in [-0.15, -0.1) is 0 Å². The van der Waals surface area contributed by atoms with Crippen molar-refractivity contribution in [2.45, 2.75) is 0 Å². The lowest BCUT2D eigenvalue weighted by Crippen LogP contribution is -2.61. The summed E-state index contributed by atoms with van der Waals surface area (Å²) in [5.41, 5.74) is 14.0. The van der Waals surface area contributed by atoms with Gasteiger partial charge in [0.2, 0.25) is 0 Å². The number of rotatable bonds is 2. The molecule has 4 heterocycles. The first-order valence-corrected chi connectivity index (χ1v) is 21.7. The fourth-order valence-electron chi connectivity index (χ4n) is 11.0. The fraction of sp³-hybridized carbons (Fsp3) is 0. The van der Waals surface area contributed by atoms with E-state index in [0.29, 0.717) is 0 Å². The van der Waals surface area contributed by atoms with Crippen LogP contribution in [-0.2, 0) is 0 Å². The molecule has 5 heteroatoms. The topological polar surface area (TPSA) is 32.8 Å². The van der Waals surface area contributed by atoms with Gasteiger partial charge in [-0.25, -0.2) is 0 Å². The number of hydrogen-bond donors (Lipinski definition) is 0. The lowest BCUT2D eigenvalue weighted by molar-refractivity contribution is 0.669. The maximum Gasteiger partial charge on any atom is 0.252 e. The highest BCUT2D eigenvalue weighted by Crippen LogP contribution is 2.47. The van der Waals surface area contributed by atoms with E-state index in [9.17, 15) is 0 Å². The Hall–Kier alpha value is -8.28. The molecule has 11 aromatic carbocycles. The van der Waals surface area contributed by atoms with Crippen LogP contribution in [-0.4, -0.2) is 6.71 Å². The Bertz CT molecular complexity index is 3880. The van der Waals surface area contributed by atoms with Crippen LogP contribution in [0, 0.1) is 0 Å². The average molecular weight is 801 g/mol. The molecular formula is C58H33BN2O2. The van der Waals surface area contributed by atoms with Gasteiger partial charge in [0, 0.05) is 67.8 Å². The van der Waals surface area contributed by atoms with Gasteiger partial charge >= 0.3 is 0 Å². The Morgan fingerprint density at radius 2 is 0.651 bits per heavy atom. The molecule has 0 atom stereocenters. The molecule has 0 spiro atoms. The molecule has 0 aliphatic carbocycles. The Balaban J connectivity index is 1.08. The van der Waals surface area contributed by atoms with Gasteiger partial charge in [0.25, 0.3) is 6.71 Å². The van der Waals surface area contributed by atoms with Crippen LogP contribution in [0.3, 0.4) is 0 Å². The zero-order valence-electron chi connectivity index (χ0n) is 33.8. The van der Waals surface area contributed by atoms with Crippen LogP contribution < -0.4 is 26.2 Å². The van der Waals surface area contributed by atoms with Gasteiger partial charge in [0.05, 0.1) is 0 Å². The summed E-state index contributed by atoms with van der Waals surface area (Å²) in [6, 6.07) is 73.4. The highest BCUT2D eigenvalue weighted by Gasteiger charge is 2.44. The molecule has 2 aromatic heterocycles. The van der Waals surface area contributed by atoms with Crippen molar-refractivity contribution in [1.82, 2.24) is 0 Å². The first-order chi connectivity index (χ1) is 31.2. The van der Waals surface area contributed by atoms with Crippen LogP contribution >= 0.6 is 0 Å². The van der Waals surface area contributed by atoms with Crippen molar-refractivity contribution in [3.8, 4) is 0 Å². The maximum atomic E-state index is 6.84. The van der Waals surface area contributed by atoms with E-state index in [1.54, 1.807) is 0 Å². The van der Waals surface area contributed by atoms with E-state index in [4.69, 9.17) is 8.83 Å². The minimum Gasteiger partial charge on any atom is -0.456 e. The molecule has 0 amide bonds. The Morgan fingerprint density at radius 3 is 1.10 bits per heavy atom. The largest absolute Gasteiger partial charge is 0.456 e. The second kappa shape index (κ2) is 12.2. The predicted molar refractivity (Wildman–Crippen MR) is 265 cm³/mol. The van der Waals surface area contributed by atoms with Gasteiger partial charge in [-0.05, 0) is 120 Å². The van der Waals surface area contributed by atoms with Gasteiger partial charge in [-0.3, -0.25) is 0 Å². The molecule has 0 N–H and O–H groups in total. The first-order valence-electron chi connectivity index (χ1n) is 21.7. The zero-order chi connectivity index (χ0) is 40.9. The minimum atomic E-state index is -0.0979. The molecule has 0 fully saturated rings. The Kier molecular flexibility index (Phi) is 6.47. The molecular weight excluding hydrogens is 767 g/mol. The summed E-state index contributed by atoms with van der Waals surface area (Å²) in [6.07, 6.45) is 0. The minimum absolute atomic E-state index is 0.0979. The first kappa shape index (κ1) is 33.4. The normalized spacial score (nSPS) is 13.3. The average Bonchev–Trinajstić information content (AvgIpc) is 3.86. The predicted octanol–water partition coefficient (Wildman–Crippen LogP) is 14.2. The van der Waals surface area contributed by atoms with Gasteiger partial charge in [0.15, 0.2) is 0 Å². The van der Waals surface area contributed by atoms with E-state index in [2.05, 4.69) is 210 Å². The number of nitrogens with zero attached hydrogens (tertiary/aromatic N) is 2. The van der Waals surface area contributed by atoms with Crippen LogP contribution in [0.1, 0.15) is 0 Å². The molecule has 2 aliphatic rings. The van der Waals surface area contributed by atoms with E-state index in [0.717, 1.165) is 78.0 Å². The van der Waals surface area contributed by atoms with Gasteiger partial charge in [-0.1, -0.05) is 127 Å². The SMILES string of the molecule is c1cc2c3c(c1)N(c1ccc4ccccc4c1)c1cc4oc5cc6ccccc6cc5c4cc1B3c1cc3c(cc1N2c1ccc2ccccc2c1)oc1cc2ccccc2cc13. The van der Waals surface area contributed by atoms with Crippen molar-refractivity contribution in [3.05, 3.63) is 200 Å². The smallest absolute Gasteiger partial charge is 0.252 e. The number of furan rings is 2. The molecule has 0 saturated heterocycles. The van der Waals surface area contributed by atoms with Crippen molar-refractivity contribution in [2.24, 2.45) is 0 Å². The third-order valence-electron chi connectivity index (χ3n) is 13.9. The van der Waals surface area contributed by atoms with Crippen molar-refractivity contribution in [1.29, 1.82) is 0 Å². The maximum absolute atomic E-state index is 6.84. The van der Waals surface area contributed by atoms with Crippen LogP contribution in [0.5, 0.6) is 0 Å². The van der Waals surface area contributed by atoms with Crippen LogP contribution in [0.15, 0.2) is 209 Å². The van der Waals surface area contributed by atoms with Crippen LogP contribution in [0.25, 0.3) is 87.0 Å². The Labute approximate surface area is 361 Å². The molecule has 4 nitrogen and oxygen atoms in total. The second-order valence-electron chi connectivity index (χ2n) is 17.3. The van der Waals surface area contributed by atoms with E-state index in [1.165, 1.54) is 59.5 Å². The number of benzene rings is 11. The van der Waals surface area contributed by atoms with Crippen molar-refractivity contribution >= 4 is 144 Å². The monoisotopic (exact) mass is 800 g/mol. The molecule has 0 saturated carbocycles. The molecule has 15 rings (SSSR count). The summed E-state index contributed by atoms with van der Waals surface area (Å²) in [7, 11) is 0. The lowest BCUT2D eigenvalue weighted by atomic mass is 9.33. The zero-order valence-corrected chi connectivity index (χ0v) is 33.8. The summed E-state index contributed by atoms with van der Waals surface area (Å²) >= 11 is 0. The number of anilines is 6. The molecule has 290 valence electrons. The molecule has 13 aromatic rings. The molecule has 2 aliphatic heterocycles. The molecule has 0 bridgehead atoms. The quantitative estimate of drug-likeness (QED) is 0.163. The third kappa shape index (κ3) is 4.65. The standard InChI is InChI=1S/C58H33BN2O2/c1-3-12-36-24-42(22-20-34(36)10-1)60-50-18-9-19-51-58(50)59(48-30-46-44-26-38-14-5-7-16-40(38)28-54(44)62-56(46)32-52(48)60)49-31-47-45-27-39-15-6-8-17-41(39)29-55(45)63-57(47)33-53(49)61(51)43-23-21-35-11-2-4-13-37(35)25-43/h1-33H. The highest BCUT2D eigenvalue weighted by molar-refractivity contribution is 7.00. The number of fused-ring (bicyclic) bond motifs is 14. The molecule has 63 heavy (non-hydrogen) atoms. The van der Waals surface area contributed by atoms with Crippen molar-refractivity contribution < 1.29 is 8.83 Å². The number of hydrogen-bond acceptors (Lipinski definition) is 4. The van der Waals surface area contributed by atoms with Crippen LogP contribution in [0.4, 0.5) is 34.1 Å². The summed E-state index contributed by atoms with van der Waals surface area (Å²) in [6.45, 7) is -0.0979. The van der Waals surface area contributed by atoms with Gasteiger partial charge in [-0.2, -0.15) is 0 Å². The van der Waals surface area contributed by atoms with Crippen LogP contribution in [0.2, 0.25) is 0 Å². The van der Waals surface area contributed by atoms with Crippen molar-refractivity contribution in [3.63, 3.8) is 0 Å². The molecule has 0 unspecified atom stereocenters. The summed E-state index contributed by atoms with van der Waals surface area (Å²) in [5.74, 6) is 0. The summed E-state index contributed by atoms with van der Waals surface area (Å²) < 4.78 is 13.7. The molecule has 0 radical (unpaired) electrons. The fourth-order valence-corrected chi connectivity index (χ4v) is 11.0. The highest BCUT2D eigenvalue weighted by atomic mass is 16.3. The van der Waals surface area contributed by atoms with Gasteiger partial charge in [0.1, 0.15) is 22.3 Å². The summed E-state index contributed by atoms with van der Waals surface area (Å²) in [5, 5.41) is 14.1. The van der Waals surface area contributed by atoms with E-state index < -0.39 is 0 Å². The van der Waals surface area contributed by atoms with Crippen molar-refractivity contribution in [2.75, 3.05) is 9.80 Å². The van der Waals surface area contributed by atoms with E-state index in [1.807, 2.05) is 0 Å². The van der Waals surface area contributed by atoms with Gasteiger partial charge < -0.3 is 18.6 Å². The third-order valence-corrected chi connectivity index (χ3v) is 13.9. The van der Waals surface area contributed by atoms with E-state index >= 15 is 0 Å². The Morgan fingerprint density at radius 1 is 0.286 bits per heavy atom. The lowest BCUT2D eigenvalue weighted by Gasteiger charge is -2.44. The van der Waals surface area contributed by atoms with E-state index in [-0.39, 0.29) is 6.71 Å². The second-order valence-corrected chi connectivity index (χ2v) is 17.3. The summed E-state index contributed by atoms with van der Waals surface area (Å²) in [4.78, 5) is 4.95.